The van der Waals surface area contributed by atoms with Crippen molar-refractivity contribution in [3.63, 3.8) is 0 Å². The van der Waals surface area contributed by atoms with Crippen molar-refractivity contribution in [3.05, 3.63) is 29.1 Å². The van der Waals surface area contributed by atoms with E-state index in [4.69, 9.17) is 9.47 Å². The van der Waals surface area contributed by atoms with Gasteiger partial charge in [-0.1, -0.05) is 0 Å². The zero-order valence-corrected chi connectivity index (χ0v) is 18.1. The Morgan fingerprint density at radius 3 is 1.78 bits per heavy atom. The van der Waals surface area contributed by atoms with E-state index >= 15 is 0 Å². The molecule has 0 radical (unpaired) electrons. The molecular formula is C21H25F2N7O2. The summed E-state index contributed by atoms with van der Waals surface area (Å²) in [4.78, 5) is 22.1. The minimum atomic E-state index is -2.78. The molecule has 11 heteroatoms. The summed E-state index contributed by atoms with van der Waals surface area (Å²) in [5, 5.41) is 0. The molecule has 0 N–H and O–H groups in total. The molecule has 4 heterocycles. The first-order chi connectivity index (χ1) is 15.5. The molecule has 0 aliphatic carbocycles. The Kier molecular flexibility index (Phi) is 5.60. The van der Waals surface area contributed by atoms with E-state index in [0.29, 0.717) is 75.5 Å². The Balaban J connectivity index is 1.70. The van der Waals surface area contributed by atoms with Gasteiger partial charge in [0.1, 0.15) is 0 Å². The van der Waals surface area contributed by atoms with E-state index in [9.17, 15) is 8.78 Å². The molecule has 2 aromatic heterocycles. The lowest BCUT2D eigenvalue weighted by atomic mass is 10.1. The van der Waals surface area contributed by atoms with Gasteiger partial charge in [-0.05, 0) is 37.1 Å². The summed E-state index contributed by atoms with van der Waals surface area (Å²) >= 11 is 0. The number of aromatic nitrogens is 5. The summed E-state index contributed by atoms with van der Waals surface area (Å²) in [6.45, 7) is 8.60. The highest BCUT2D eigenvalue weighted by atomic mass is 19.3. The number of benzene rings is 1. The molecule has 2 fully saturated rings. The number of anilines is 2. The Morgan fingerprint density at radius 2 is 1.25 bits per heavy atom. The fraction of sp³-hybridized carbons (Fsp3) is 0.524. The van der Waals surface area contributed by atoms with Gasteiger partial charge in [0.2, 0.25) is 17.8 Å². The van der Waals surface area contributed by atoms with Crippen LogP contribution in [-0.4, -0.2) is 77.1 Å². The first-order valence-electron chi connectivity index (χ1n) is 10.7. The number of halogens is 2. The Hall–Kier alpha value is -2.92. The van der Waals surface area contributed by atoms with Gasteiger partial charge in [0.05, 0.1) is 37.5 Å². The minimum absolute atomic E-state index is 0.143. The van der Waals surface area contributed by atoms with Gasteiger partial charge in [0.25, 0.3) is 6.43 Å². The molecular weight excluding hydrogens is 420 g/mol. The maximum Gasteiger partial charge on any atom is 0.296 e. The van der Waals surface area contributed by atoms with Gasteiger partial charge in [-0.25, -0.2) is 13.8 Å². The fourth-order valence-corrected chi connectivity index (χ4v) is 3.96. The summed E-state index contributed by atoms with van der Waals surface area (Å²) in [5.74, 6) is 0.664. The maximum atomic E-state index is 14.1. The third-order valence-electron chi connectivity index (χ3n) is 5.88. The quantitative estimate of drug-likeness (QED) is 0.606. The zero-order chi connectivity index (χ0) is 22.2. The van der Waals surface area contributed by atoms with E-state index in [-0.39, 0.29) is 11.8 Å². The molecule has 2 aliphatic rings. The molecule has 3 aromatic rings. The van der Waals surface area contributed by atoms with E-state index in [1.807, 2.05) is 35.8 Å². The van der Waals surface area contributed by atoms with Crippen LogP contribution in [0.5, 0.6) is 0 Å². The molecule has 2 aliphatic heterocycles. The van der Waals surface area contributed by atoms with Crippen molar-refractivity contribution in [1.29, 1.82) is 0 Å². The molecule has 0 saturated carbocycles. The SMILES string of the molecule is Cc1cc2nc(C(F)F)n(-c3nc(N4CCOCC4)nc(N4CCOCC4)n3)c2cc1C. The monoisotopic (exact) mass is 445 g/mol. The van der Waals surface area contributed by atoms with Gasteiger partial charge in [-0.15, -0.1) is 0 Å². The summed E-state index contributed by atoms with van der Waals surface area (Å²) in [5.41, 5.74) is 3.01. The highest BCUT2D eigenvalue weighted by Crippen LogP contribution is 2.30. The number of alkyl halides is 2. The third-order valence-corrected chi connectivity index (χ3v) is 5.88. The van der Waals surface area contributed by atoms with Crippen LogP contribution in [0.15, 0.2) is 12.1 Å². The van der Waals surface area contributed by atoms with Gasteiger partial charge in [-0.2, -0.15) is 15.0 Å². The third kappa shape index (κ3) is 3.86. The van der Waals surface area contributed by atoms with Crippen LogP contribution in [0.4, 0.5) is 20.7 Å². The average molecular weight is 445 g/mol. The lowest BCUT2D eigenvalue weighted by Gasteiger charge is -2.30. The number of imidazole rings is 1. The van der Waals surface area contributed by atoms with E-state index in [1.165, 1.54) is 4.57 Å². The topological polar surface area (TPSA) is 81.4 Å². The van der Waals surface area contributed by atoms with Crippen LogP contribution in [-0.2, 0) is 9.47 Å². The molecule has 2 saturated heterocycles. The van der Waals surface area contributed by atoms with Crippen molar-refractivity contribution >= 4 is 22.9 Å². The molecule has 0 amide bonds. The van der Waals surface area contributed by atoms with Crippen molar-refractivity contribution in [2.75, 3.05) is 62.4 Å². The van der Waals surface area contributed by atoms with Crippen molar-refractivity contribution < 1.29 is 18.3 Å². The summed E-state index contributed by atoms with van der Waals surface area (Å²) in [6, 6.07) is 3.68. The van der Waals surface area contributed by atoms with Crippen molar-refractivity contribution in [3.8, 4) is 5.95 Å². The van der Waals surface area contributed by atoms with E-state index in [2.05, 4.69) is 19.9 Å². The first-order valence-corrected chi connectivity index (χ1v) is 10.7. The van der Waals surface area contributed by atoms with Gasteiger partial charge in [0.15, 0.2) is 5.82 Å². The molecule has 5 rings (SSSR count). The van der Waals surface area contributed by atoms with Crippen LogP contribution in [0.25, 0.3) is 17.0 Å². The summed E-state index contributed by atoms with van der Waals surface area (Å²) in [6.07, 6.45) is -2.78. The fourth-order valence-electron chi connectivity index (χ4n) is 3.96. The second-order valence-corrected chi connectivity index (χ2v) is 7.97. The van der Waals surface area contributed by atoms with E-state index in [1.54, 1.807) is 0 Å². The van der Waals surface area contributed by atoms with Gasteiger partial charge >= 0.3 is 0 Å². The van der Waals surface area contributed by atoms with Crippen LogP contribution in [0.1, 0.15) is 23.4 Å². The lowest BCUT2D eigenvalue weighted by Crippen LogP contribution is -2.40. The Bertz CT molecular complexity index is 1090. The largest absolute Gasteiger partial charge is 0.378 e. The number of nitrogens with zero attached hydrogens (tertiary/aromatic N) is 7. The predicted octanol–water partition coefficient (Wildman–Crippen LogP) is 2.44. The molecule has 9 nitrogen and oxygen atoms in total. The standard InChI is InChI=1S/C21H25F2N7O2/c1-13-11-15-16(12-14(13)2)30(18(24-15)17(22)23)21-26-19(28-3-7-31-8-4-28)25-20(27-21)29-5-9-32-10-6-29/h11-12,17H,3-10H2,1-2H3. The predicted molar refractivity (Wildman–Crippen MR) is 115 cm³/mol. The summed E-state index contributed by atoms with van der Waals surface area (Å²) < 4.78 is 40.4. The number of hydrogen-bond acceptors (Lipinski definition) is 8. The molecule has 170 valence electrons. The molecule has 0 bridgehead atoms. The van der Waals surface area contributed by atoms with Crippen molar-refractivity contribution in [1.82, 2.24) is 24.5 Å². The van der Waals surface area contributed by atoms with Crippen LogP contribution >= 0.6 is 0 Å². The molecule has 0 unspecified atom stereocenters. The number of rotatable bonds is 4. The first kappa shape index (κ1) is 21.0. The van der Waals surface area contributed by atoms with Crippen LogP contribution < -0.4 is 9.80 Å². The van der Waals surface area contributed by atoms with E-state index < -0.39 is 6.43 Å². The molecule has 1 aromatic carbocycles. The highest BCUT2D eigenvalue weighted by molar-refractivity contribution is 5.79. The number of hydrogen-bond donors (Lipinski definition) is 0. The molecule has 32 heavy (non-hydrogen) atoms. The normalized spacial score (nSPS) is 17.5. The van der Waals surface area contributed by atoms with Crippen LogP contribution in [0.3, 0.4) is 0 Å². The second-order valence-electron chi connectivity index (χ2n) is 7.97. The van der Waals surface area contributed by atoms with Crippen molar-refractivity contribution in [2.45, 2.75) is 20.3 Å². The number of morpholine rings is 2. The van der Waals surface area contributed by atoms with Gasteiger partial charge < -0.3 is 19.3 Å². The van der Waals surface area contributed by atoms with Gasteiger partial charge in [0, 0.05) is 26.2 Å². The smallest absolute Gasteiger partial charge is 0.296 e. The number of fused-ring (bicyclic) bond motifs is 1. The van der Waals surface area contributed by atoms with Gasteiger partial charge in [-0.3, -0.25) is 4.57 Å². The average Bonchev–Trinajstić information content (AvgIpc) is 3.19. The van der Waals surface area contributed by atoms with Crippen LogP contribution in [0.2, 0.25) is 0 Å². The second kappa shape index (κ2) is 8.55. The molecule has 0 atom stereocenters. The zero-order valence-electron chi connectivity index (χ0n) is 18.1. The number of aryl methyl sites for hydroxylation is 2. The Morgan fingerprint density at radius 1 is 0.750 bits per heavy atom. The summed E-state index contributed by atoms with van der Waals surface area (Å²) in [7, 11) is 0. The molecule has 0 spiro atoms. The number of ether oxygens (including phenoxy) is 2. The minimum Gasteiger partial charge on any atom is -0.378 e. The van der Waals surface area contributed by atoms with Crippen molar-refractivity contribution in [2.24, 2.45) is 0 Å². The maximum absolute atomic E-state index is 14.1. The Labute approximate surface area is 184 Å². The van der Waals surface area contributed by atoms with Crippen LogP contribution in [0, 0.1) is 13.8 Å². The lowest BCUT2D eigenvalue weighted by molar-refractivity contribution is 0.121. The van der Waals surface area contributed by atoms with E-state index in [0.717, 1.165) is 11.1 Å². The highest BCUT2D eigenvalue weighted by Gasteiger charge is 2.26.